The first-order chi connectivity index (χ1) is 61.9. The standard InChI is InChI=1S/C124H118BN5/c1-118(2,3)83-45-51-93-94-52-46-84(119(4,5)6)68-108(94)127(107(93)67-83)91-49-55-103-111(73-91)129-113-71-89(124(19,20)21)72-114-115(113)125(103)104-56-50-92(128-109-69-85(120(7,8)9)47-53-95(109)96-54-48-86(70-110(96)128)121(10,11)12)74-112(104)130(114)117-98(76-35-27-23-28-36-76)64-88(123(16,17)18)66-100(117)82-40-32-38-78(60-82)80-44-58-106-102(62-80)101-61-79(43-57-105(101)126(106)90-41-29-24-30-42-90)77-37-31-39-81(59-77)99-65-87(122(13,14)15)63-97(116(99)129)75-33-25-22-26-34-75/h22-27,29-35,37-74H,28,36H2,1-21H3. The first kappa shape index (κ1) is 82.5. The van der Waals surface area contributed by atoms with Crippen molar-refractivity contribution in [2.24, 2.45) is 0 Å². The van der Waals surface area contributed by atoms with Crippen molar-refractivity contribution >= 4 is 128 Å². The Morgan fingerprint density at radius 3 is 0.977 bits per heavy atom. The summed E-state index contributed by atoms with van der Waals surface area (Å²) in [7, 11) is 0. The Bertz CT molecular complexity index is 7730. The third-order valence-corrected chi connectivity index (χ3v) is 29.1. The molecule has 0 N–H and O–H groups in total. The molecule has 0 atom stereocenters. The molecular weight excluding hydrogens is 1570 g/mol. The van der Waals surface area contributed by atoms with E-state index in [1.807, 2.05) is 0 Å². The number of para-hydroxylation sites is 1. The van der Waals surface area contributed by atoms with Gasteiger partial charge in [0.15, 0.2) is 0 Å². The summed E-state index contributed by atoms with van der Waals surface area (Å²) >= 11 is 0. The van der Waals surface area contributed by atoms with Gasteiger partial charge in [0.25, 0.3) is 6.71 Å². The van der Waals surface area contributed by atoms with Gasteiger partial charge in [0.05, 0.1) is 44.5 Å². The lowest BCUT2D eigenvalue weighted by Gasteiger charge is -2.47. The predicted molar refractivity (Wildman–Crippen MR) is 561 cm³/mol. The van der Waals surface area contributed by atoms with Gasteiger partial charge in [-0.3, -0.25) is 0 Å². The number of benzene rings is 15. The Morgan fingerprint density at radius 2 is 0.585 bits per heavy atom. The molecule has 0 fully saturated rings. The number of hydrogen-bond acceptors (Lipinski definition) is 2. The highest BCUT2D eigenvalue weighted by Gasteiger charge is 2.47. The van der Waals surface area contributed by atoms with Gasteiger partial charge in [0, 0.05) is 94.4 Å². The van der Waals surface area contributed by atoms with Crippen LogP contribution in [0.4, 0.5) is 34.1 Å². The average molecular weight is 1690 g/mol. The number of fused-ring (bicyclic) bond motifs is 26. The lowest BCUT2D eigenvalue weighted by atomic mass is 9.33. The Kier molecular flexibility index (Phi) is 18.5. The molecule has 130 heavy (non-hydrogen) atoms. The summed E-state index contributed by atoms with van der Waals surface area (Å²) in [6, 6.07) is 116. The second kappa shape index (κ2) is 29.2. The lowest BCUT2D eigenvalue weighted by molar-refractivity contribution is 0.590. The first-order valence-corrected chi connectivity index (χ1v) is 47.3. The summed E-state index contributed by atoms with van der Waals surface area (Å²) in [5, 5.41) is 7.38. The van der Waals surface area contributed by atoms with Crippen LogP contribution in [0.2, 0.25) is 0 Å². The summed E-state index contributed by atoms with van der Waals surface area (Å²) < 4.78 is 7.75. The van der Waals surface area contributed by atoms with Crippen LogP contribution >= 0.6 is 0 Å². The largest absolute Gasteiger partial charge is 0.310 e. The molecule has 6 heterocycles. The number of aromatic nitrogens is 3. The normalized spacial score (nSPS) is 14.1. The Labute approximate surface area is 769 Å². The van der Waals surface area contributed by atoms with Gasteiger partial charge in [-0.05, 0) is 284 Å². The van der Waals surface area contributed by atoms with Crippen molar-refractivity contribution in [3.05, 3.63) is 354 Å². The zero-order chi connectivity index (χ0) is 90.3. The van der Waals surface area contributed by atoms with E-state index in [1.165, 1.54) is 138 Å². The second-order valence-corrected chi connectivity index (χ2v) is 45.0. The van der Waals surface area contributed by atoms with Gasteiger partial charge < -0.3 is 23.5 Å². The maximum Gasteiger partial charge on any atom is 0.252 e. The van der Waals surface area contributed by atoms with Crippen molar-refractivity contribution in [1.29, 1.82) is 0 Å². The van der Waals surface area contributed by atoms with Gasteiger partial charge >= 0.3 is 0 Å². The van der Waals surface area contributed by atoms with Crippen LogP contribution in [0.3, 0.4) is 0 Å². The predicted octanol–water partition coefficient (Wildman–Crippen LogP) is 32.5. The Hall–Kier alpha value is -13.2. The van der Waals surface area contributed by atoms with Crippen LogP contribution in [0, 0.1) is 0 Å². The van der Waals surface area contributed by atoms with Crippen LogP contribution in [0.15, 0.2) is 309 Å². The van der Waals surface area contributed by atoms with Crippen molar-refractivity contribution < 1.29 is 0 Å². The highest BCUT2D eigenvalue weighted by molar-refractivity contribution is 7.00. The fourth-order valence-electron chi connectivity index (χ4n) is 21.6. The van der Waals surface area contributed by atoms with Gasteiger partial charge in [-0.15, -0.1) is 0 Å². The fourth-order valence-corrected chi connectivity index (χ4v) is 21.6. The number of rotatable bonds is 5. The minimum absolute atomic E-state index is 0.124. The highest BCUT2D eigenvalue weighted by Crippen LogP contribution is 2.57. The molecule has 5 nitrogen and oxygen atoms in total. The van der Waals surface area contributed by atoms with E-state index in [9.17, 15) is 0 Å². The van der Waals surface area contributed by atoms with Crippen LogP contribution in [0.1, 0.15) is 203 Å². The summed E-state index contributed by atoms with van der Waals surface area (Å²) in [6.07, 6.45) is 8.95. The molecule has 0 spiro atoms. The van der Waals surface area contributed by atoms with E-state index >= 15 is 0 Å². The molecule has 3 aliphatic heterocycles. The Morgan fingerprint density at radius 1 is 0.238 bits per heavy atom. The van der Waals surface area contributed by atoms with Gasteiger partial charge in [0.1, 0.15) is 0 Å². The third kappa shape index (κ3) is 13.4. The number of hydrogen-bond donors (Lipinski definition) is 0. The van der Waals surface area contributed by atoms with E-state index in [0.29, 0.717) is 0 Å². The van der Waals surface area contributed by atoms with E-state index in [-0.39, 0.29) is 39.2 Å². The average Bonchev–Trinajstić information content (AvgIpc) is 1.22. The molecule has 1 aliphatic carbocycles. The van der Waals surface area contributed by atoms with Crippen LogP contribution in [-0.4, -0.2) is 20.4 Å². The van der Waals surface area contributed by atoms with E-state index in [2.05, 4.69) is 478 Å². The van der Waals surface area contributed by atoms with Crippen molar-refractivity contribution in [1.82, 2.24) is 13.7 Å². The molecule has 0 unspecified atom stereocenters. The van der Waals surface area contributed by atoms with Crippen LogP contribution < -0.4 is 26.2 Å². The smallest absolute Gasteiger partial charge is 0.252 e. The number of anilines is 6. The molecule has 13 bridgehead atoms. The molecule has 15 aromatic carbocycles. The van der Waals surface area contributed by atoms with Gasteiger partial charge in [-0.2, -0.15) is 0 Å². The van der Waals surface area contributed by atoms with E-state index in [0.717, 1.165) is 114 Å². The van der Waals surface area contributed by atoms with E-state index in [4.69, 9.17) is 0 Å². The maximum absolute atomic E-state index is 2.84. The fraction of sp³-hybridized carbons (Fsp3) is 0.242. The molecule has 3 aromatic heterocycles. The first-order valence-electron chi connectivity index (χ1n) is 47.3. The Balaban J connectivity index is 0.959. The van der Waals surface area contributed by atoms with Gasteiger partial charge in [-0.25, -0.2) is 0 Å². The van der Waals surface area contributed by atoms with Crippen molar-refractivity contribution in [2.45, 2.75) is 196 Å². The maximum atomic E-state index is 2.84. The van der Waals surface area contributed by atoms with Crippen LogP contribution in [0.5, 0.6) is 0 Å². The van der Waals surface area contributed by atoms with Crippen molar-refractivity contribution in [2.75, 3.05) is 9.80 Å². The number of nitrogens with zero attached hydrogens (tertiary/aromatic N) is 5. The van der Waals surface area contributed by atoms with Gasteiger partial charge in [-0.1, -0.05) is 321 Å². The number of allylic oxidation sites excluding steroid dienone is 4. The molecule has 642 valence electrons. The molecule has 0 radical (unpaired) electrons. The monoisotopic (exact) mass is 1690 g/mol. The molecular formula is C124H118BN5. The van der Waals surface area contributed by atoms with E-state index < -0.39 is 5.41 Å². The summed E-state index contributed by atoms with van der Waals surface area (Å²) in [4.78, 5) is 5.66. The summed E-state index contributed by atoms with van der Waals surface area (Å²) in [6.45, 7) is 49.8. The summed E-state index contributed by atoms with van der Waals surface area (Å²) in [5.74, 6) is 0. The molecule has 0 amide bonds. The molecule has 0 saturated heterocycles. The topological polar surface area (TPSA) is 21.3 Å². The second-order valence-electron chi connectivity index (χ2n) is 45.0. The minimum atomic E-state index is -0.391. The van der Waals surface area contributed by atoms with E-state index in [1.54, 1.807) is 0 Å². The third-order valence-electron chi connectivity index (χ3n) is 29.1. The molecule has 22 rings (SSSR count). The quantitative estimate of drug-likeness (QED) is 0.160. The lowest BCUT2D eigenvalue weighted by Crippen LogP contribution is -2.61. The van der Waals surface area contributed by atoms with Crippen molar-refractivity contribution in [3.63, 3.8) is 0 Å². The molecule has 0 saturated carbocycles. The van der Waals surface area contributed by atoms with Crippen LogP contribution in [0.25, 0.3) is 144 Å². The zero-order valence-corrected chi connectivity index (χ0v) is 79.7. The van der Waals surface area contributed by atoms with Gasteiger partial charge in [0.2, 0.25) is 0 Å². The zero-order valence-electron chi connectivity index (χ0n) is 79.7. The van der Waals surface area contributed by atoms with Crippen molar-refractivity contribution in [3.8, 4) is 72.7 Å². The molecule has 18 aromatic rings. The van der Waals surface area contributed by atoms with Crippen LogP contribution in [-0.2, 0) is 37.9 Å². The minimum Gasteiger partial charge on any atom is -0.310 e. The molecule has 6 heteroatoms. The molecule has 4 aliphatic rings. The highest BCUT2D eigenvalue weighted by atomic mass is 15.2. The SMILES string of the molecule is CC(C)(C)c1cc(C2=CC=CCC2)c2c(c1)-c1cccc(c1)-c1ccc3c(c1)c1cc(ccc1n3-c1ccccc1)-c1cccc(c1)-c1cc(C(C)(C)C)cc(-c3ccccc3)c1N1c3cc(-n4c5cc(C(C)(C)C)ccc5c5ccc(C(C)(C)C)cc54)ccc3B3c4ccc(-n5c6cc(C(C)(C)C)ccc6c6ccc(C(C)(C)C)cc65)cc4N2c2cc(C(C)(C)C)cc1c23. The summed E-state index contributed by atoms with van der Waals surface area (Å²) in [5.41, 5.74) is 42.8.